The molecule has 100 valence electrons. The molecule has 0 bridgehead atoms. The molecule has 2 aromatic heterocycles. The summed E-state index contributed by atoms with van der Waals surface area (Å²) in [6.07, 6.45) is 2.37. The lowest BCUT2D eigenvalue weighted by atomic mass is 10.3. The van der Waals surface area contributed by atoms with Crippen LogP contribution in [0.2, 0.25) is 0 Å². The molecule has 0 fully saturated rings. The Bertz CT molecular complexity index is 569. The molecule has 0 aliphatic heterocycles. The van der Waals surface area contributed by atoms with Crippen molar-refractivity contribution < 1.29 is 4.79 Å². The highest BCUT2D eigenvalue weighted by molar-refractivity contribution is 7.09. The highest BCUT2D eigenvalue weighted by Crippen LogP contribution is 2.10. The van der Waals surface area contributed by atoms with E-state index in [0.717, 1.165) is 10.7 Å². The van der Waals surface area contributed by atoms with Crippen molar-refractivity contribution >= 4 is 17.2 Å². The SMILES string of the molecule is Cc1nccc(CNC(=O)c2csc(CCN)n2)n1. The highest BCUT2D eigenvalue weighted by Gasteiger charge is 2.10. The molecule has 3 N–H and O–H groups in total. The summed E-state index contributed by atoms with van der Waals surface area (Å²) in [7, 11) is 0. The zero-order valence-electron chi connectivity index (χ0n) is 10.6. The van der Waals surface area contributed by atoms with Gasteiger partial charge in [-0.2, -0.15) is 0 Å². The van der Waals surface area contributed by atoms with Gasteiger partial charge < -0.3 is 11.1 Å². The van der Waals surface area contributed by atoms with Gasteiger partial charge in [-0.1, -0.05) is 0 Å². The lowest BCUT2D eigenvalue weighted by molar-refractivity contribution is 0.0946. The Hall–Kier alpha value is -1.86. The molecule has 19 heavy (non-hydrogen) atoms. The van der Waals surface area contributed by atoms with E-state index >= 15 is 0 Å². The minimum Gasteiger partial charge on any atom is -0.345 e. The van der Waals surface area contributed by atoms with Gasteiger partial charge in [0.15, 0.2) is 0 Å². The fourth-order valence-electron chi connectivity index (χ4n) is 1.52. The Morgan fingerprint density at radius 1 is 1.47 bits per heavy atom. The Morgan fingerprint density at radius 3 is 3.05 bits per heavy atom. The van der Waals surface area contributed by atoms with Gasteiger partial charge in [0, 0.05) is 18.0 Å². The van der Waals surface area contributed by atoms with Crippen molar-refractivity contribution in [2.75, 3.05) is 6.54 Å². The molecular weight excluding hydrogens is 262 g/mol. The maximum Gasteiger partial charge on any atom is 0.271 e. The second kappa shape index (κ2) is 6.35. The topological polar surface area (TPSA) is 93.8 Å². The number of thiazole rings is 1. The second-order valence-corrected chi connectivity index (χ2v) is 4.89. The predicted octanol–water partition coefficient (Wildman–Crippen LogP) is 0.673. The molecule has 0 spiro atoms. The number of amides is 1. The van der Waals surface area contributed by atoms with Crippen LogP contribution in [0.3, 0.4) is 0 Å². The number of hydrogen-bond donors (Lipinski definition) is 2. The Balaban J connectivity index is 1.93. The van der Waals surface area contributed by atoms with E-state index in [2.05, 4.69) is 20.3 Å². The molecule has 0 saturated heterocycles. The number of carbonyl (C=O) groups excluding carboxylic acids is 1. The molecule has 2 heterocycles. The lowest BCUT2D eigenvalue weighted by Gasteiger charge is -2.03. The largest absolute Gasteiger partial charge is 0.345 e. The standard InChI is InChI=1S/C12H15N5OS/c1-8-14-5-3-9(16-8)6-15-12(18)10-7-19-11(17-10)2-4-13/h3,5,7H,2,4,6,13H2,1H3,(H,15,18). The monoisotopic (exact) mass is 277 g/mol. The van der Waals surface area contributed by atoms with Crippen molar-refractivity contribution in [3.63, 3.8) is 0 Å². The molecule has 2 rings (SSSR count). The summed E-state index contributed by atoms with van der Waals surface area (Å²) in [5.74, 6) is 0.487. The van der Waals surface area contributed by atoms with Crippen molar-refractivity contribution in [1.29, 1.82) is 0 Å². The van der Waals surface area contributed by atoms with Crippen molar-refractivity contribution in [2.24, 2.45) is 5.73 Å². The van der Waals surface area contributed by atoms with Crippen LogP contribution in [0.1, 0.15) is 27.0 Å². The first-order valence-corrected chi connectivity index (χ1v) is 6.78. The number of aryl methyl sites for hydroxylation is 1. The van der Waals surface area contributed by atoms with Gasteiger partial charge in [0.05, 0.1) is 17.2 Å². The van der Waals surface area contributed by atoms with Gasteiger partial charge in [0.2, 0.25) is 0 Å². The lowest BCUT2D eigenvalue weighted by Crippen LogP contribution is -2.23. The van der Waals surface area contributed by atoms with E-state index < -0.39 is 0 Å². The maximum absolute atomic E-state index is 11.9. The van der Waals surface area contributed by atoms with Crippen molar-refractivity contribution in [2.45, 2.75) is 19.9 Å². The number of nitrogens with zero attached hydrogens (tertiary/aromatic N) is 3. The zero-order chi connectivity index (χ0) is 13.7. The van der Waals surface area contributed by atoms with E-state index in [1.165, 1.54) is 11.3 Å². The van der Waals surface area contributed by atoms with E-state index in [1.807, 2.05) is 6.92 Å². The predicted molar refractivity (Wildman–Crippen MR) is 72.8 cm³/mol. The Kier molecular flexibility index (Phi) is 4.53. The van der Waals surface area contributed by atoms with Crippen molar-refractivity contribution in [1.82, 2.24) is 20.3 Å². The smallest absolute Gasteiger partial charge is 0.271 e. The summed E-state index contributed by atoms with van der Waals surface area (Å²) in [4.78, 5) is 24.3. The summed E-state index contributed by atoms with van der Waals surface area (Å²) < 4.78 is 0. The molecule has 0 aliphatic rings. The van der Waals surface area contributed by atoms with E-state index in [1.54, 1.807) is 17.6 Å². The summed E-state index contributed by atoms with van der Waals surface area (Å²) >= 11 is 1.45. The maximum atomic E-state index is 11.9. The Morgan fingerprint density at radius 2 is 2.32 bits per heavy atom. The first-order valence-electron chi connectivity index (χ1n) is 5.90. The van der Waals surface area contributed by atoms with E-state index in [-0.39, 0.29) is 5.91 Å². The average molecular weight is 277 g/mol. The normalized spacial score (nSPS) is 10.4. The van der Waals surface area contributed by atoms with Crippen LogP contribution < -0.4 is 11.1 Å². The average Bonchev–Trinajstić information content (AvgIpc) is 2.85. The molecule has 0 unspecified atom stereocenters. The summed E-state index contributed by atoms with van der Waals surface area (Å²) in [6, 6.07) is 1.77. The molecular formula is C12H15N5OS. The van der Waals surface area contributed by atoms with Crippen LogP contribution in [0.5, 0.6) is 0 Å². The van der Waals surface area contributed by atoms with Crippen LogP contribution in [0, 0.1) is 6.92 Å². The van der Waals surface area contributed by atoms with Gasteiger partial charge in [-0.3, -0.25) is 4.79 Å². The molecule has 0 atom stereocenters. The first-order chi connectivity index (χ1) is 9.19. The number of aromatic nitrogens is 3. The molecule has 6 nitrogen and oxygen atoms in total. The molecule has 0 aliphatic carbocycles. The first kappa shape index (κ1) is 13.6. The van der Waals surface area contributed by atoms with Crippen LogP contribution in [0.25, 0.3) is 0 Å². The quantitative estimate of drug-likeness (QED) is 0.838. The third kappa shape index (κ3) is 3.80. The molecule has 2 aromatic rings. The van der Waals surface area contributed by atoms with Gasteiger partial charge in [0.1, 0.15) is 11.5 Å². The fourth-order valence-corrected chi connectivity index (χ4v) is 2.31. The Labute approximate surface area is 115 Å². The van der Waals surface area contributed by atoms with Crippen LogP contribution >= 0.6 is 11.3 Å². The van der Waals surface area contributed by atoms with Crippen LogP contribution in [-0.2, 0) is 13.0 Å². The summed E-state index contributed by atoms with van der Waals surface area (Å²) in [5, 5.41) is 5.40. The van der Waals surface area contributed by atoms with Crippen LogP contribution in [0.15, 0.2) is 17.6 Å². The second-order valence-electron chi connectivity index (χ2n) is 3.94. The number of hydrogen-bond acceptors (Lipinski definition) is 6. The van der Waals surface area contributed by atoms with Crippen molar-refractivity contribution in [3.05, 3.63) is 39.9 Å². The van der Waals surface area contributed by atoms with Gasteiger partial charge >= 0.3 is 0 Å². The number of nitrogens with two attached hydrogens (primary N) is 1. The van der Waals surface area contributed by atoms with E-state index in [9.17, 15) is 4.79 Å². The molecule has 0 radical (unpaired) electrons. The summed E-state index contributed by atoms with van der Waals surface area (Å²) in [5.41, 5.74) is 6.65. The van der Waals surface area contributed by atoms with Crippen LogP contribution in [-0.4, -0.2) is 27.4 Å². The van der Waals surface area contributed by atoms with Crippen molar-refractivity contribution in [3.8, 4) is 0 Å². The fraction of sp³-hybridized carbons (Fsp3) is 0.333. The number of carbonyl (C=O) groups is 1. The summed E-state index contributed by atoms with van der Waals surface area (Å²) in [6.45, 7) is 2.71. The highest BCUT2D eigenvalue weighted by atomic mass is 32.1. The van der Waals surface area contributed by atoms with Gasteiger partial charge in [-0.05, 0) is 19.5 Å². The minimum absolute atomic E-state index is 0.198. The number of rotatable bonds is 5. The third-order valence-electron chi connectivity index (χ3n) is 2.41. The molecule has 1 amide bonds. The third-order valence-corrected chi connectivity index (χ3v) is 3.31. The van der Waals surface area contributed by atoms with E-state index in [4.69, 9.17) is 5.73 Å². The van der Waals surface area contributed by atoms with Crippen LogP contribution in [0.4, 0.5) is 0 Å². The van der Waals surface area contributed by atoms with Gasteiger partial charge in [0.25, 0.3) is 5.91 Å². The molecule has 0 aromatic carbocycles. The van der Waals surface area contributed by atoms with Gasteiger partial charge in [-0.15, -0.1) is 11.3 Å². The van der Waals surface area contributed by atoms with Gasteiger partial charge in [-0.25, -0.2) is 15.0 Å². The molecule has 7 heteroatoms. The molecule has 0 saturated carbocycles. The van der Waals surface area contributed by atoms with E-state index in [0.29, 0.717) is 31.0 Å². The zero-order valence-corrected chi connectivity index (χ0v) is 11.4. The number of nitrogens with one attached hydrogen (secondary N) is 1. The minimum atomic E-state index is -0.198.